The third-order valence-corrected chi connectivity index (χ3v) is 3.97. The maximum atomic E-state index is 12.0. The van der Waals surface area contributed by atoms with Crippen molar-refractivity contribution in [3.05, 3.63) is 41.5 Å². The van der Waals surface area contributed by atoms with Gasteiger partial charge in [0.1, 0.15) is 17.5 Å². The Kier molecular flexibility index (Phi) is 4.43. The number of hydrogen-bond donors (Lipinski definition) is 1. The summed E-state index contributed by atoms with van der Waals surface area (Å²) in [6, 6.07) is 5.72. The van der Waals surface area contributed by atoms with E-state index in [1.54, 1.807) is 18.0 Å². The zero-order chi connectivity index (χ0) is 17.1. The first-order valence-electron chi connectivity index (χ1n) is 7.86. The molecular weight excluding hydrogens is 302 g/mol. The molecule has 0 aliphatic carbocycles. The topological polar surface area (TPSA) is 71.0 Å². The molecule has 0 saturated carbocycles. The fourth-order valence-electron chi connectivity index (χ4n) is 2.68. The molecule has 1 aliphatic rings. The van der Waals surface area contributed by atoms with Crippen molar-refractivity contribution in [3.8, 4) is 11.8 Å². The van der Waals surface area contributed by atoms with Gasteiger partial charge < -0.3 is 10.2 Å². The van der Waals surface area contributed by atoms with E-state index in [0.717, 1.165) is 23.5 Å². The highest BCUT2D eigenvalue weighted by molar-refractivity contribution is 5.94. The minimum absolute atomic E-state index is 0.0366. The molecule has 0 radical (unpaired) electrons. The molecule has 1 amide bonds. The average molecular weight is 321 g/mol. The van der Waals surface area contributed by atoms with Crippen LogP contribution in [0.3, 0.4) is 0 Å². The van der Waals surface area contributed by atoms with Crippen LogP contribution in [0.4, 0.5) is 11.6 Å². The smallest absolute Gasteiger partial charge is 0.299 e. The van der Waals surface area contributed by atoms with E-state index in [1.807, 2.05) is 32.0 Å². The van der Waals surface area contributed by atoms with Gasteiger partial charge in [-0.2, -0.15) is 0 Å². The van der Waals surface area contributed by atoms with Gasteiger partial charge in [-0.05, 0) is 44.7 Å². The highest BCUT2D eigenvalue weighted by Crippen LogP contribution is 2.33. The maximum Gasteiger partial charge on any atom is 0.299 e. The molecule has 3 heterocycles. The molecule has 1 saturated heterocycles. The second-order valence-corrected chi connectivity index (χ2v) is 5.70. The third kappa shape index (κ3) is 3.20. The molecule has 122 valence electrons. The van der Waals surface area contributed by atoms with E-state index in [9.17, 15) is 4.79 Å². The van der Waals surface area contributed by atoms with Gasteiger partial charge >= 0.3 is 0 Å². The maximum absolute atomic E-state index is 12.0. The normalized spacial score (nSPS) is 16.0. The molecule has 1 aliphatic heterocycles. The Morgan fingerprint density at radius 1 is 1.38 bits per heavy atom. The lowest BCUT2D eigenvalue weighted by atomic mass is 9.99. The lowest BCUT2D eigenvalue weighted by Gasteiger charge is -2.39. The minimum Gasteiger partial charge on any atom is -0.325 e. The van der Waals surface area contributed by atoms with Crippen molar-refractivity contribution >= 4 is 17.5 Å². The van der Waals surface area contributed by atoms with Gasteiger partial charge in [-0.1, -0.05) is 12.0 Å². The van der Waals surface area contributed by atoms with Crippen molar-refractivity contribution < 1.29 is 4.79 Å². The van der Waals surface area contributed by atoms with E-state index < -0.39 is 0 Å². The van der Waals surface area contributed by atoms with Crippen LogP contribution in [0, 0.1) is 25.7 Å². The molecule has 24 heavy (non-hydrogen) atoms. The van der Waals surface area contributed by atoms with Gasteiger partial charge in [0.25, 0.3) is 5.91 Å². The van der Waals surface area contributed by atoms with Crippen molar-refractivity contribution in [2.24, 2.45) is 0 Å². The molecule has 6 nitrogen and oxygen atoms in total. The number of likely N-dealkylation sites (tertiary alicyclic amines) is 1. The molecule has 3 rings (SSSR count). The molecule has 1 unspecified atom stereocenters. The van der Waals surface area contributed by atoms with Gasteiger partial charge in [0.15, 0.2) is 0 Å². The van der Waals surface area contributed by atoms with Crippen LogP contribution in [-0.4, -0.2) is 32.3 Å². The summed E-state index contributed by atoms with van der Waals surface area (Å²) in [5, 5.41) is 3.23. The van der Waals surface area contributed by atoms with E-state index in [4.69, 9.17) is 0 Å². The SMILES string of the molecule is CC#CC(=O)N1CCC1c1cc(Nc2ncccc2C)nc(C)n1. The second-order valence-electron chi connectivity index (χ2n) is 5.70. The molecular formula is C18H19N5O. The first-order valence-corrected chi connectivity index (χ1v) is 7.86. The number of carbonyl (C=O) groups is 1. The molecule has 0 bridgehead atoms. The molecule has 2 aromatic heterocycles. The number of aryl methyl sites for hydroxylation is 2. The van der Waals surface area contributed by atoms with E-state index >= 15 is 0 Å². The second kappa shape index (κ2) is 6.67. The molecule has 0 spiro atoms. The van der Waals surface area contributed by atoms with Crippen LogP contribution < -0.4 is 5.32 Å². The number of nitrogens with zero attached hydrogens (tertiary/aromatic N) is 4. The average Bonchev–Trinajstić information content (AvgIpc) is 2.48. The fraction of sp³-hybridized carbons (Fsp3) is 0.333. The zero-order valence-electron chi connectivity index (χ0n) is 14.0. The van der Waals surface area contributed by atoms with Crippen LogP contribution in [0.15, 0.2) is 24.4 Å². The van der Waals surface area contributed by atoms with E-state index in [1.165, 1.54) is 0 Å². The third-order valence-electron chi connectivity index (χ3n) is 3.97. The van der Waals surface area contributed by atoms with Gasteiger partial charge in [-0.15, -0.1) is 0 Å². The van der Waals surface area contributed by atoms with Gasteiger partial charge in [0.2, 0.25) is 0 Å². The van der Waals surface area contributed by atoms with E-state index in [-0.39, 0.29) is 11.9 Å². The highest BCUT2D eigenvalue weighted by Gasteiger charge is 2.34. The Labute approximate surface area is 141 Å². The number of aromatic nitrogens is 3. The first kappa shape index (κ1) is 15.9. The Morgan fingerprint density at radius 3 is 2.88 bits per heavy atom. The molecule has 1 atom stereocenters. The largest absolute Gasteiger partial charge is 0.325 e. The van der Waals surface area contributed by atoms with Crippen LogP contribution in [0.2, 0.25) is 0 Å². The molecule has 1 fully saturated rings. The van der Waals surface area contributed by atoms with Crippen LogP contribution in [-0.2, 0) is 4.79 Å². The number of nitrogens with one attached hydrogen (secondary N) is 1. The Bertz CT molecular complexity index is 837. The van der Waals surface area contributed by atoms with Crippen LogP contribution >= 0.6 is 0 Å². The summed E-state index contributed by atoms with van der Waals surface area (Å²) in [5.41, 5.74) is 1.87. The van der Waals surface area contributed by atoms with Crippen molar-refractivity contribution in [2.45, 2.75) is 33.2 Å². The summed E-state index contributed by atoms with van der Waals surface area (Å²) in [7, 11) is 0. The predicted octanol–water partition coefficient (Wildman–Crippen LogP) is 2.53. The lowest BCUT2D eigenvalue weighted by molar-refractivity contribution is -0.132. The summed E-state index contributed by atoms with van der Waals surface area (Å²) in [6.07, 6.45) is 2.62. The quantitative estimate of drug-likeness (QED) is 0.880. The number of pyridine rings is 1. The van der Waals surface area contributed by atoms with Crippen LogP contribution in [0.25, 0.3) is 0 Å². The van der Waals surface area contributed by atoms with Gasteiger partial charge in [0.05, 0.1) is 11.7 Å². The standard InChI is InChI=1S/C18H19N5O/c1-4-6-17(24)23-10-8-15(23)14-11-16(21-13(3)20-14)22-18-12(2)7-5-9-19-18/h5,7,9,11,15H,8,10H2,1-3H3,(H,19,20,21,22). The Balaban J connectivity index is 1.85. The Hall–Kier alpha value is -2.94. The van der Waals surface area contributed by atoms with Crippen molar-refractivity contribution in [3.63, 3.8) is 0 Å². The highest BCUT2D eigenvalue weighted by atomic mass is 16.2. The van der Waals surface area contributed by atoms with Crippen molar-refractivity contribution in [2.75, 3.05) is 11.9 Å². The molecule has 6 heteroatoms. The van der Waals surface area contributed by atoms with Gasteiger partial charge in [-0.25, -0.2) is 15.0 Å². The Morgan fingerprint density at radius 2 is 2.21 bits per heavy atom. The van der Waals surface area contributed by atoms with Crippen LogP contribution in [0.5, 0.6) is 0 Å². The summed E-state index contributed by atoms with van der Waals surface area (Å²) < 4.78 is 0. The van der Waals surface area contributed by atoms with Crippen molar-refractivity contribution in [1.82, 2.24) is 19.9 Å². The summed E-state index contributed by atoms with van der Waals surface area (Å²) in [4.78, 5) is 27.0. The minimum atomic E-state index is -0.153. The van der Waals surface area contributed by atoms with Gasteiger partial charge in [0, 0.05) is 18.8 Å². The lowest BCUT2D eigenvalue weighted by Crippen LogP contribution is -2.45. The molecule has 1 N–H and O–H groups in total. The number of hydrogen-bond acceptors (Lipinski definition) is 5. The zero-order valence-corrected chi connectivity index (χ0v) is 14.0. The van der Waals surface area contributed by atoms with Crippen LogP contribution in [0.1, 0.15) is 36.5 Å². The summed E-state index contributed by atoms with van der Waals surface area (Å²) in [5.74, 6) is 7.20. The fourth-order valence-corrected chi connectivity index (χ4v) is 2.68. The van der Waals surface area contributed by atoms with Crippen molar-refractivity contribution in [1.29, 1.82) is 0 Å². The van der Waals surface area contributed by atoms with Gasteiger partial charge in [-0.3, -0.25) is 4.79 Å². The number of rotatable bonds is 3. The number of amides is 1. The molecule has 0 aromatic carbocycles. The monoisotopic (exact) mass is 321 g/mol. The number of anilines is 2. The van der Waals surface area contributed by atoms with E-state index in [2.05, 4.69) is 32.1 Å². The van der Waals surface area contributed by atoms with E-state index in [0.29, 0.717) is 18.2 Å². The first-order chi connectivity index (χ1) is 11.6. The predicted molar refractivity (Wildman–Crippen MR) is 91.5 cm³/mol. The summed E-state index contributed by atoms with van der Waals surface area (Å²) in [6.45, 7) is 6.21. The number of carbonyl (C=O) groups excluding carboxylic acids is 1. The summed E-state index contributed by atoms with van der Waals surface area (Å²) >= 11 is 0. The molecule has 2 aromatic rings.